The zero-order valence-corrected chi connectivity index (χ0v) is 11.8. The lowest BCUT2D eigenvalue weighted by atomic mass is 9.91. The summed E-state index contributed by atoms with van der Waals surface area (Å²) in [5.74, 6) is 0.193. The molecule has 21 heavy (non-hydrogen) atoms. The van der Waals surface area contributed by atoms with Crippen molar-refractivity contribution in [2.45, 2.75) is 18.9 Å². The minimum Gasteiger partial charge on any atom is -0.508 e. The smallest absolute Gasteiger partial charge is 0.115 e. The van der Waals surface area contributed by atoms with Crippen LogP contribution in [0.15, 0.2) is 60.7 Å². The fraction of sp³-hybridized carbons (Fsp3) is 0.167. The second-order valence-electron chi connectivity index (χ2n) is 5.49. The molecule has 0 amide bonds. The first kappa shape index (κ1) is 13.6. The first-order valence-electron chi connectivity index (χ1n) is 6.91. The van der Waals surface area contributed by atoms with E-state index in [1.54, 1.807) is 31.2 Å². The van der Waals surface area contributed by atoms with Crippen LogP contribution in [0, 0.1) is 0 Å². The summed E-state index contributed by atoms with van der Waals surface area (Å²) in [4.78, 5) is 4.59. The number of phenolic OH excluding ortho intramolecular Hbond substituents is 1. The Bertz CT molecular complexity index is 764. The lowest BCUT2D eigenvalue weighted by Gasteiger charge is -2.23. The second kappa shape index (κ2) is 5.19. The topological polar surface area (TPSA) is 53.4 Å². The van der Waals surface area contributed by atoms with Gasteiger partial charge in [-0.15, -0.1) is 0 Å². The first-order chi connectivity index (χ1) is 10.0. The van der Waals surface area contributed by atoms with Gasteiger partial charge in [-0.1, -0.05) is 36.4 Å². The number of pyridine rings is 1. The number of hydrogen-bond acceptors (Lipinski definition) is 3. The summed E-state index contributed by atoms with van der Waals surface area (Å²) in [7, 11) is 0. The van der Waals surface area contributed by atoms with Crippen LogP contribution in [-0.4, -0.2) is 15.2 Å². The molecule has 1 unspecified atom stereocenters. The Balaban J connectivity index is 1.91. The van der Waals surface area contributed by atoms with Gasteiger partial charge in [-0.05, 0) is 36.8 Å². The number of nitrogens with zero attached hydrogens (tertiary/aromatic N) is 1. The summed E-state index contributed by atoms with van der Waals surface area (Å²) >= 11 is 0. The van der Waals surface area contributed by atoms with E-state index >= 15 is 0 Å². The summed E-state index contributed by atoms with van der Waals surface area (Å²) in [6.45, 7) is 1.76. The number of aliphatic hydroxyl groups is 1. The van der Waals surface area contributed by atoms with Crippen molar-refractivity contribution >= 4 is 10.9 Å². The van der Waals surface area contributed by atoms with Gasteiger partial charge in [0.05, 0.1) is 11.1 Å². The van der Waals surface area contributed by atoms with Gasteiger partial charge in [0.2, 0.25) is 0 Å². The van der Waals surface area contributed by atoms with E-state index < -0.39 is 5.60 Å². The standard InChI is InChI=1S/C18H17NO2/c1-18(21,14-7-10-16(20)11-8-14)12-15-9-6-13-4-2-3-5-17(13)19-15/h2-11,20-21H,12H2,1H3. The lowest BCUT2D eigenvalue weighted by molar-refractivity contribution is 0.0566. The normalized spacial score (nSPS) is 14.0. The van der Waals surface area contributed by atoms with E-state index in [9.17, 15) is 10.2 Å². The summed E-state index contributed by atoms with van der Waals surface area (Å²) in [6, 6.07) is 18.5. The van der Waals surface area contributed by atoms with Gasteiger partial charge in [0.1, 0.15) is 5.75 Å². The van der Waals surface area contributed by atoms with Crippen molar-refractivity contribution in [1.29, 1.82) is 0 Å². The SMILES string of the molecule is CC(O)(Cc1ccc2ccccc2n1)c1ccc(O)cc1. The molecule has 3 aromatic rings. The third-order valence-electron chi connectivity index (χ3n) is 3.67. The van der Waals surface area contributed by atoms with Crippen LogP contribution < -0.4 is 0 Å². The highest BCUT2D eigenvalue weighted by Crippen LogP contribution is 2.26. The van der Waals surface area contributed by atoms with Crippen molar-refractivity contribution in [3.05, 3.63) is 71.9 Å². The number of phenols is 1. The molecule has 0 radical (unpaired) electrons. The number of hydrogen-bond donors (Lipinski definition) is 2. The maximum Gasteiger partial charge on any atom is 0.115 e. The molecule has 2 N–H and O–H groups in total. The first-order valence-corrected chi connectivity index (χ1v) is 6.91. The Kier molecular flexibility index (Phi) is 3.35. The highest BCUT2D eigenvalue weighted by Gasteiger charge is 2.24. The molecule has 3 heteroatoms. The average Bonchev–Trinajstić information content (AvgIpc) is 2.47. The molecule has 2 aromatic carbocycles. The molecule has 0 spiro atoms. The number of benzene rings is 2. The van der Waals surface area contributed by atoms with Crippen molar-refractivity contribution in [1.82, 2.24) is 4.98 Å². The highest BCUT2D eigenvalue weighted by molar-refractivity contribution is 5.78. The quantitative estimate of drug-likeness (QED) is 0.772. The molecule has 0 aliphatic carbocycles. The molecule has 3 nitrogen and oxygen atoms in total. The Morgan fingerprint density at radius 1 is 0.952 bits per heavy atom. The third-order valence-corrected chi connectivity index (χ3v) is 3.67. The van der Waals surface area contributed by atoms with Crippen LogP contribution in [-0.2, 0) is 12.0 Å². The summed E-state index contributed by atoms with van der Waals surface area (Å²) in [5, 5.41) is 21.1. The molecule has 0 fully saturated rings. The predicted molar refractivity (Wildman–Crippen MR) is 83.1 cm³/mol. The van der Waals surface area contributed by atoms with E-state index in [1.807, 2.05) is 36.4 Å². The number of fused-ring (bicyclic) bond motifs is 1. The third kappa shape index (κ3) is 2.88. The Labute approximate surface area is 123 Å². The van der Waals surface area contributed by atoms with Crippen LogP contribution >= 0.6 is 0 Å². The van der Waals surface area contributed by atoms with Crippen LogP contribution in [0.2, 0.25) is 0 Å². The highest BCUT2D eigenvalue weighted by atomic mass is 16.3. The van der Waals surface area contributed by atoms with E-state index in [2.05, 4.69) is 4.98 Å². The van der Waals surface area contributed by atoms with E-state index in [4.69, 9.17) is 0 Å². The van der Waals surface area contributed by atoms with Gasteiger partial charge >= 0.3 is 0 Å². The summed E-state index contributed by atoms with van der Waals surface area (Å²) in [5.41, 5.74) is 1.50. The number of rotatable bonds is 3. The Morgan fingerprint density at radius 3 is 2.43 bits per heavy atom. The second-order valence-corrected chi connectivity index (χ2v) is 5.49. The van der Waals surface area contributed by atoms with Crippen molar-refractivity contribution in [2.75, 3.05) is 0 Å². The van der Waals surface area contributed by atoms with Gasteiger partial charge in [0, 0.05) is 17.5 Å². The van der Waals surface area contributed by atoms with Gasteiger partial charge in [-0.2, -0.15) is 0 Å². The molecule has 0 aliphatic heterocycles. The maximum absolute atomic E-state index is 10.7. The maximum atomic E-state index is 10.7. The average molecular weight is 279 g/mol. The zero-order valence-electron chi connectivity index (χ0n) is 11.8. The number of para-hydroxylation sites is 1. The molecular formula is C18H17NO2. The van der Waals surface area contributed by atoms with E-state index in [1.165, 1.54) is 0 Å². The molecule has 3 rings (SSSR count). The fourth-order valence-corrected chi connectivity index (χ4v) is 2.48. The minimum absolute atomic E-state index is 0.193. The van der Waals surface area contributed by atoms with Crippen LogP contribution in [0.5, 0.6) is 5.75 Å². The molecule has 1 atom stereocenters. The van der Waals surface area contributed by atoms with Gasteiger partial charge in [0.15, 0.2) is 0 Å². The fourth-order valence-electron chi connectivity index (χ4n) is 2.48. The Morgan fingerprint density at radius 2 is 1.67 bits per heavy atom. The largest absolute Gasteiger partial charge is 0.508 e. The van der Waals surface area contributed by atoms with Gasteiger partial charge in [0.25, 0.3) is 0 Å². The molecule has 1 aromatic heterocycles. The number of aromatic hydroxyl groups is 1. The molecule has 0 bridgehead atoms. The van der Waals surface area contributed by atoms with Gasteiger partial charge < -0.3 is 10.2 Å². The number of aromatic nitrogens is 1. The van der Waals surface area contributed by atoms with Crippen molar-refractivity contribution in [3.63, 3.8) is 0 Å². The van der Waals surface area contributed by atoms with Crippen LogP contribution in [0.25, 0.3) is 10.9 Å². The monoisotopic (exact) mass is 279 g/mol. The molecule has 0 saturated carbocycles. The van der Waals surface area contributed by atoms with Crippen molar-refractivity contribution < 1.29 is 10.2 Å². The van der Waals surface area contributed by atoms with Crippen LogP contribution in [0.3, 0.4) is 0 Å². The lowest BCUT2D eigenvalue weighted by Crippen LogP contribution is -2.24. The van der Waals surface area contributed by atoms with Crippen LogP contribution in [0.4, 0.5) is 0 Å². The van der Waals surface area contributed by atoms with Gasteiger partial charge in [-0.3, -0.25) is 4.98 Å². The van der Waals surface area contributed by atoms with E-state index in [0.29, 0.717) is 6.42 Å². The van der Waals surface area contributed by atoms with Gasteiger partial charge in [-0.25, -0.2) is 0 Å². The molecule has 106 valence electrons. The molecule has 1 heterocycles. The predicted octanol–water partition coefficient (Wildman–Crippen LogP) is 3.39. The Hall–Kier alpha value is -2.39. The molecule has 0 saturated heterocycles. The molecule has 0 aliphatic rings. The van der Waals surface area contributed by atoms with E-state index in [-0.39, 0.29) is 5.75 Å². The van der Waals surface area contributed by atoms with Crippen LogP contribution in [0.1, 0.15) is 18.2 Å². The zero-order chi connectivity index (χ0) is 14.9. The van der Waals surface area contributed by atoms with E-state index in [0.717, 1.165) is 22.2 Å². The summed E-state index contributed by atoms with van der Waals surface area (Å²) in [6.07, 6.45) is 0.419. The van der Waals surface area contributed by atoms with Crippen molar-refractivity contribution in [3.8, 4) is 5.75 Å². The summed E-state index contributed by atoms with van der Waals surface area (Å²) < 4.78 is 0. The molecular weight excluding hydrogens is 262 g/mol. The van der Waals surface area contributed by atoms with Crippen molar-refractivity contribution in [2.24, 2.45) is 0 Å². The minimum atomic E-state index is -1.02.